The van der Waals surface area contributed by atoms with Crippen molar-refractivity contribution in [1.82, 2.24) is 0 Å². The lowest BCUT2D eigenvalue weighted by molar-refractivity contribution is 0.0252. The van der Waals surface area contributed by atoms with Gasteiger partial charge in [-0.3, -0.25) is 4.79 Å². The number of amides is 1. The van der Waals surface area contributed by atoms with Crippen LogP contribution in [0.4, 0.5) is 5.69 Å². The van der Waals surface area contributed by atoms with Crippen LogP contribution in [0.5, 0.6) is 11.5 Å². The van der Waals surface area contributed by atoms with E-state index in [1.807, 2.05) is 31.2 Å². The first-order valence-electron chi connectivity index (χ1n) is 10.9. The van der Waals surface area contributed by atoms with Crippen LogP contribution in [0.2, 0.25) is 0 Å². The van der Waals surface area contributed by atoms with Gasteiger partial charge in [0.2, 0.25) is 0 Å². The Morgan fingerprint density at radius 2 is 1.63 bits per heavy atom. The summed E-state index contributed by atoms with van der Waals surface area (Å²) in [5.74, 6) is -0.882. The van der Waals surface area contributed by atoms with Gasteiger partial charge in [-0.2, -0.15) is 0 Å². The molecule has 8 heteroatoms. The first-order valence-corrected chi connectivity index (χ1v) is 10.9. The number of fused-ring (bicyclic) bond motifs is 1. The summed E-state index contributed by atoms with van der Waals surface area (Å²) in [7, 11) is 4.14. The number of nitrogens with one attached hydrogen (secondary N) is 1. The van der Waals surface area contributed by atoms with Crippen molar-refractivity contribution in [3.8, 4) is 11.5 Å². The molecule has 0 aromatic heterocycles. The van der Waals surface area contributed by atoms with Crippen molar-refractivity contribution in [3.63, 3.8) is 0 Å². The van der Waals surface area contributed by atoms with Gasteiger partial charge in [-0.05, 0) is 36.2 Å². The number of hydrogen-bond donors (Lipinski definition) is 1. The van der Waals surface area contributed by atoms with Crippen LogP contribution in [0.25, 0.3) is 0 Å². The number of hydrogen-bond acceptors (Lipinski definition) is 7. The first kappa shape index (κ1) is 23.8. The van der Waals surface area contributed by atoms with E-state index in [4.69, 9.17) is 18.9 Å². The van der Waals surface area contributed by atoms with E-state index in [-0.39, 0.29) is 11.3 Å². The molecule has 0 saturated heterocycles. The van der Waals surface area contributed by atoms with Crippen LogP contribution >= 0.6 is 0 Å². The van der Waals surface area contributed by atoms with E-state index in [1.54, 1.807) is 18.2 Å². The summed E-state index contributed by atoms with van der Waals surface area (Å²) in [5.41, 5.74) is 3.76. The van der Waals surface area contributed by atoms with Gasteiger partial charge in [0, 0.05) is 24.1 Å². The fourth-order valence-electron chi connectivity index (χ4n) is 3.96. The number of anilines is 1. The van der Waals surface area contributed by atoms with Crippen LogP contribution in [0, 0.1) is 6.92 Å². The number of methoxy groups -OCH3 is 3. The molecule has 0 fully saturated rings. The topological polar surface area (TPSA) is 100 Å². The fraction of sp³-hybridized carbons (Fsp3) is 0.222. The zero-order chi connectivity index (χ0) is 25.1. The summed E-state index contributed by atoms with van der Waals surface area (Å²) < 4.78 is 21.0. The minimum atomic E-state index is -0.643. The third kappa shape index (κ3) is 4.82. The Labute approximate surface area is 202 Å². The lowest BCUT2D eigenvalue weighted by Gasteiger charge is -2.25. The molecule has 1 atom stereocenters. The summed E-state index contributed by atoms with van der Waals surface area (Å²) in [6, 6.07) is 15.5. The highest BCUT2D eigenvalue weighted by Crippen LogP contribution is 2.35. The molecule has 0 saturated carbocycles. The molecule has 8 nitrogen and oxygen atoms in total. The van der Waals surface area contributed by atoms with Crippen molar-refractivity contribution < 1.29 is 33.3 Å². The molecule has 180 valence electrons. The SMILES string of the molecule is COC(=O)c1cc(OC)c(OC)cc1NC(=O)c1ccc2c(c1)C[C@H](c1ccc(C)cc1)OC2=O. The van der Waals surface area contributed by atoms with Gasteiger partial charge in [-0.25, -0.2) is 9.59 Å². The third-order valence-electron chi connectivity index (χ3n) is 5.87. The highest BCUT2D eigenvalue weighted by Gasteiger charge is 2.28. The van der Waals surface area contributed by atoms with Crippen molar-refractivity contribution in [2.24, 2.45) is 0 Å². The van der Waals surface area contributed by atoms with E-state index in [0.717, 1.165) is 11.1 Å². The number of cyclic esters (lactones) is 1. The van der Waals surface area contributed by atoms with Gasteiger partial charge in [0.15, 0.2) is 11.5 Å². The first-order chi connectivity index (χ1) is 16.8. The summed E-state index contributed by atoms with van der Waals surface area (Å²) in [4.78, 5) is 38.0. The van der Waals surface area contributed by atoms with E-state index < -0.39 is 23.9 Å². The second-order valence-electron chi connectivity index (χ2n) is 8.08. The molecular formula is C27H25NO7. The van der Waals surface area contributed by atoms with Gasteiger partial charge in [0.1, 0.15) is 6.10 Å². The number of rotatable bonds is 6. The summed E-state index contributed by atoms with van der Waals surface area (Å²) in [6.07, 6.45) is 0.000329. The van der Waals surface area contributed by atoms with Crippen LogP contribution in [-0.4, -0.2) is 39.2 Å². The Kier molecular flexibility index (Phi) is 6.73. The highest BCUT2D eigenvalue weighted by molar-refractivity contribution is 6.09. The maximum Gasteiger partial charge on any atom is 0.340 e. The van der Waals surface area contributed by atoms with Crippen molar-refractivity contribution in [2.45, 2.75) is 19.4 Å². The molecule has 3 aromatic rings. The van der Waals surface area contributed by atoms with Crippen LogP contribution in [0.15, 0.2) is 54.6 Å². The lowest BCUT2D eigenvalue weighted by Crippen LogP contribution is -2.23. The largest absolute Gasteiger partial charge is 0.493 e. The van der Waals surface area contributed by atoms with Crippen LogP contribution in [-0.2, 0) is 15.9 Å². The Morgan fingerprint density at radius 3 is 2.29 bits per heavy atom. The molecule has 0 unspecified atom stereocenters. The maximum atomic E-state index is 13.1. The molecule has 1 amide bonds. The number of ether oxygens (including phenoxy) is 4. The zero-order valence-corrected chi connectivity index (χ0v) is 19.8. The van der Waals surface area contributed by atoms with E-state index in [1.165, 1.54) is 33.5 Å². The fourth-order valence-corrected chi connectivity index (χ4v) is 3.96. The molecule has 1 N–H and O–H groups in total. The Bertz CT molecular complexity index is 1300. The Hall–Kier alpha value is -4.33. The number of benzene rings is 3. The molecule has 3 aromatic carbocycles. The average molecular weight is 475 g/mol. The predicted molar refractivity (Wildman–Crippen MR) is 128 cm³/mol. The van der Waals surface area contributed by atoms with E-state index in [0.29, 0.717) is 34.6 Å². The van der Waals surface area contributed by atoms with Gasteiger partial charge < -0.3 is 24.3 Å². The van der Waals surface area contributed by atoms with Crippen LogP contribution in [0.1, 0.15) is 53.9 Å². The zero-order valence-electron chi connectivity index (χ0n) is 19.8. The van der Waals surface area contributed by atoms with E-state index in [2.05, 4.69) is 5.32 Å². The quantitative estimate of drug-likeness (QED) is 0.524. The van der Waals surface area contributed by atoms with E-state index in [9.17, 15) is 14.4 Å². The van der Waals surface area contributed by atoms with E-state index >= 15 is 0 Å². The normalized spacial score (nSPS) is 14.4. The molecule has 35 heavy (non-hydrogen) atoms. The number of esters is 2. The second kappa shape index (κ2) is 9.89. The third-order valence-corrected chi connectivity index (χ3v) is 5.87. The minimum Gasteiger partial charge on any atom is -0.493 e. The molecule has 1 aliphatic rings. The van der Waals surface area contributed by atoms with Crippen molar-refractivity contribution >= 4 is 23.5 Å². The Morgan fingerprint density at radius 1 is 0.943 bits per heavy atom. The monoisotopic (exact) mass is 475 g/mol. The van der Waals surface area contributed by atoms with Crippen LogP contribution in [0.3, 0.4) is 0 Å². The van der Waals surface area contributed by atoms with Crippen molar-refractivity contribution in [3.05, 3.63) is 88.0 Å². The number of carbonyl (C=O) groups excluding carboxylic acids is 3. The lowest BCUT2D eigenvalue weighted by atomic mass is 9.92. The molecule has 0 radical (unpaired) electrons. The average Bonchev–Trinajstić information content (AvgIpc) is 2.87. The molecule has 1 heterocycles. The van der Waals surface area contributed by atoms with Gasteiger partial charge >= 0.3 is 11.9 Å². The molecule has 0 spiro atoms. The van der Waals surface area contributed by atoms with Crippen molar-refractivity contribution in [1.29, 1.82) is 0 Å². The minimum absolute atomic E-state index is 0.111. The summed E-state index contributed by atoms with van der Waals surface area (Å²) >= 11 is 0. The van der Waals surface area contributed by atoms with Gasteiger partial charge in [0.25, 0.3) is 5.91 Å². The van der Waals surface area contributed by atoms with Crippen molar-refractivity contribution in [2.75, 3.05) is 26.6 Å². The second-order valence-corrected chi connectivity index (χ2v) is 8.08. The summed E-state index contributed by atoms with van der Waals surface area (Å²) in [5, 5.41) is 2.74. The Balaban J connectivity index is 1.63. The molecule has 4 rings (SSSR count). The highest BCUT2D eigenvalue weighted by atomic mass is 16.5. The number of carbonyl (C=O) groups is 3. The maximum absolute atomic E-state index is 13.1. The summed E-state index contributed by atoms with van der Waals surface area (Å²) in [6.45, 7) is 1.99. The van der Waals surface area contributed by atoms with Gasteiger partial charge in [-0.15, -0.1) is 0 Å². The molecule has 0 bridgehead atoms. The van der Waals surface area contributed by atoms with Gasteiger partial charge in [-0.1, -0.05) is 29.8 Å². The smallest absolute Gasteiger partial charge is 0.340 e. The van der Waals surface area contributed by atoms with Gasteiger partial charge in [0.05, 0.1) is 38.1 Å². The molecule has 0 aliphatic carbocycles. The molecule has 1 aliphatic heterocycles. The standard InChI is InChI=1S/C27H25NO7/c1-15-5-7-16(8-6-15)22-12-18-11-17(9-10-19(18)27(31)35-22)25(29)28-21-14-24(33-3)23(32-2)13-20(21)26(30)34-4/h5-11,13-14,22H,12H2,1-4H3,(H,28,29)/t22-/m1/s1. The number of aryl methyl sites for hydroxylation is 1. The molecular weight excluding hydrogens is 450 g/mol. The predicted octanol–water partition coefficient (Wildman–Crippen LogP) is 4.51. The van der Waals surface area contributed by atoms with Crippen LogP contribution < -0.4 is 14.8 Å².